The molecule has 0 saturated carbocycles. The van der Waals surface area contributed by atoms with Crippen molar-refractivity contribution in [1.82, 2.24) is 0 Å². The van der Waals surface area contributed by atoms with E-state index >= 15 is 0 Å². The lowest BCUT2D eigenvalue weighted by Gasteiger charge is -2.31. The Labute approximate surface area is 99.7 Å². The highest BCUT2D eigenvalue weighted by Gasteiger charge is 2.31. The second kappa shape index (κ2) is 4.23. The van der Waals surface area contributed by atoms with Crippen molar-refractivity contribution >= 4 is 26.7 Å². The molecule has 1 unspecified atom stereocenters. The lowest BCUT2D eigenvalue weighted by atomic mass is 10.2. The third-order valence-corrected chi connectivity index (χ3v) is 4.28. The summed E-state index contributed by atoms with van der Waals surface area (Å²) in [6.45, 7) is 3.91. The van der Waals surface area contributed by atoms with Crippen LogP contribution in [0.15, 0.2) is 27.6 Å². The molecule has 1 atom stereocenters. The first-order valence-electron chi connectivity index (χ1n) is 4.35. The van der Waals surface area contributed by atoms with E-state index in [9.17, 15) is 4.21 Å². The van der Waals surface area contributed by atoms with Gasteiger partial charge >= 0.3 is 0 Å². The Morgan fingerprint density at radius 1 is 1.47 bits per heavy atom. The first kappa shape index (κ1) is 12.7. The number of halogens is 1. The van der Waals surface area contributed by atoms with E-state index in [1.165, 1.54) is 0 Å². The Morgan fingerprint density at radius 3 is 2.80 bits per heavy atom. The van der Waals surface area contributed by atoms with Gasteiger partial charge in [0.1, 0.15) is 11.4 Å². The molecule has 0 aromatic heterocycles. The van der Waals surface area contributed by atoms with Gasteiger partial charge in [0, 0.05) is 4.47 Å². The van der Waals surface area contributed by atoms with E-state index in [1.54, 1.807) is 0 Å². The molecule has 0 spiro atoms. The summed E-state index contributed by atoms with van der Waals surface area (Å²) in [6.07, 6.45) is 0. The molecular formula is C10H13BrO3S. The van der Waals surface area contributed by atoms with Crippen molar-refractivity contribution < 1.29 is 14.4 Å². The first-order valence-corrected chi connectivity index (χ1v) is 6.46. The summed E-state index contributed by atoms with van der Waals surface area (Å²) < 4.78 is 18.5. The summed E-state index contributed by atoms with van der Waals surface area (Å²) in [6, 6.07) is 5.62. The molecule has 1 aliphatic rings. The number of rotatable bonds is 0. The van der Waals surface area contributed by atoms with E-state index in [0.29, 0.717) is 5.75 Å². The van der Waals surface area contributed by atoms with Crippen LogP contribution in [0.2, 0.25) is 0 Å². The van der Waals surface area contributed by atoms with Gasteiger partial charge in [-0.2, -0.15) is 0 Å². The van der Waals surface area contributed by atoms with Gasteiger partial charge in [-0.05, 0) is 32.0 Å². The van der Waals surface area contributed by atoms with Gasteiger partial charge in [-0.1, -0.05) is 15.9 Å². The Balaban J connectivity index is 0.00000112. The number of hydrogen-bond donors (Lipinski definition) is 0. The molecule has 0 aliphatic carbocycles. The highest BCUT2D eigenvalue weighted by molar-refractivity contribution is 9.10. The van der Waals surface area contributed by atoms with Crippen LogP contribution in [-0.2, 0) is 10.8 Å². The van der Waals surface area contributed by atoms with Crippen LogP contribution >= 0.6 is 15.9 Å². The highest BCUT2D eigenvalue weighted by Crippen LogP contribution is 2.34. The number of benzene rings is 1. The van der Waals surface area contributed by atoms with Crippen molar-refractivity contribution in [3.8, 4) is 5.75 Å². The molecule has 1 aromatic rings. The standard InChI is InChI=1S/C10H11BrO2S.H2O/c1-10(2)6-14(12)9-5-7(11)3-4-8(9)13-10;/h3-5H,6H2,1-2H3;1H2. The van der Waals surface area contributed by atoms with Crippen molar-refractivity contribution in [2.75, 3.05) is 5.75 Å². The van der Waals surface area contributed by atoms with Crippen LogP contribution in [0.1, 0.15) is 13.8 Å². The molecule has 0 radical (unpaired) electrons. The zero-order chi connectivity index (χ0) is 10.3. The van der Waals surface area contributed by atoms with Crippen molar-refractivity contribution in [2.24, 2.45) is 0 Å². The predicted molar refractivity (Wildman–Crippen MR) is 63.7 cm³/mol. The summed E-state index contributed by atoms with van der Waals surface area (Å²) in [7, 11) is -0.950. The molecule has 0 fully saturated rings. The topological polar surface area (TPSA) is 57.8 Å². The van der Waals surface area contributed by atoms with Gasteiger partial charge in [-0.15, -0.1) is 0 Å². The third-order valence-electron chi connectivity index (χ3n) is 2.02. The SMILES string of the molecule is CC1(C)CS(=O)c2cc(Br)ccc2O1.O. The summed E-state index contributed by atoms with van der Waals surface area (Å²) in [5.74, 6) is 1.29. The normalized spacial score (nSPS) is 22.2. The molecule has 3 nitrogen and oxygen atoms in total. The summed E-state index contributed by atoms with van der Waals surface area (Å²) in [5.41, 5.74) is -0.328. The van der Waals surface area contributed by atoms with Gasteiger partial charge in [0.2, 0.25) is 0 Å². The van der Waals surface area contributed by atoms with E-state index < -0.39 is 10.8 Å². The maximum absolute atomic E-state index is 11.9. The second-order valence-electron chi connectivity index (χ2n) is 3.94. The minimum Gasteiger partial charge on any atom is -0.486 e. The second-order valence-corrected chi connectivity index (χ2v) is 6.28. The summed E-state index contributed by atoms with van der Waals surface area (Å²) in [4.78, 5) is 0.790. The van der Waals surface area contributed by atoms with Crippen molar-refractivity contribution in [1.29, 1.82) is 0 Å². The van der Waals surface area contributed by atoms with Crippen LogP contribution in [0.3, 0.4) is 0 Å². The fourth-order valence-electron chi connectivity index (χ4n) is 1.46. The lowest BCUT2D eigenvalue weighted by molar-refractivity contribution is 0.125. The van der Waals surface area contributed by atoms with Gasteiger partial charge in [-0.3, -0.25) is 4.21 Å². The summed E-state index contributed by atoms with van der Waals surface area (Å²) in [5, 5.41) is 0. The molecule has 5 heteroatoms. The van der Waals surface area contributed by atoms with E-state index in [1.807, 2.05) is 32.0 Å². The molecule has 2 N–H and O–H groups in total. The molecule has 1 aliphatic heterocycles. The lowest BCUT2D eigenvalue weighted by Crippen LogP contribution is -2.38. The molecule has 0 saturated heterocycles. The minimum absolute atomic E-state index is 0. The van der Waals surface area contributed by atoms with Gasteiger partial charge in [0.05, 0.1) is 21.4 Å². The molecule has 1 heterocycles. The van der Waals surface area contributed by atoms with E-state index in [4.69, 9.17) is 4.74 Å². The van der Waals surface area contributed by atoms with E-state index in [-0.39, 0.29) is 11.1 Å². The molecule has 0 amide bonds. The fraction of sp³-hybridized carbons (Fsp3) is 0.400. The largest absolute Gasteiger partial charge is 0.486 e. The Morgan fingerprint density at radius 2 is 2.13 bits per heavy atom. The van der Waals surface area contributed by atoms with Gasteiger partial charge in [0.25, 0.3) is 0 Å². The zero-order valence-corrected chi connectivity index (χ0v) is 10.9. The van der Waals surface area contributed by atoms with Crippen LogP contribution in [0.4, 0.5) is 0 Å². The minimum atomic E-state index is -0.950. The highest BCUT2D eigenvalue weighted by atomic mass is 79.9. The number of ether oxygens (including phenoxy) is 1. The fourth-order valence-corrected chi connectivity index (χ4v) is 3.42. The first-order chi connectivity index (χ1) is 6.48. The average Bonchev–Trinajstić information content (AvgIpc) is 2.05. The molecule has 84 valence electrons. The van der Waals surface area contributed by atoms with E-state index in [2.05, 4.69) is 15.9 Å². The van der Waals surface area contributed by atoms with Crippen LogP contribution in [0, 0.1) is 0 Å². The molecule has 15 heavy (non-hydrogen) atoms. The van der Waals surface area contributed by atoms with Gasteiger partial charge < -0.3 is 10.2 Å². The van der Waals surface area contributed by atoms with Crippen LogP contribution < -0.4 is 4.74 Å². The number of fused-ring (bicyclic) bond motifs is 1. The molecule has 1 aromatic carbocycles. The van der Waals surface area contributed by atoms with Crippen LogP contribution in [0.5, 0.6) is 5.75 Å². The van der Waals surface area contributed by atoms with Crippen LogP contribution in [-0.4, -0.2) is 21.0 Å². The molecule has 2 rings (SSSR count). The maximum Gasteiger partial charge on any atom is 0.136 e. The molecular weight excluding hydrogens is 280 g/mol. The Bertz CT molecular complexity index is 404. The number of hydrogen-bond acceptors (Lipinski definition) is 2. The maximum atomic E-state index is 11.9. The Kier molecular flexibility index (Phi) is 3.58. The smallest absolute Gasteiger partial charge is 0.136 e. The zero-order valence-electron chi connectivity index (χ0n) is 8.54. The average molecular weight is 293 g/mol. The Hall–Kier alpha value is -0.390. The predicted octanol–water partition coefficient (Wildman–Crippen LogP) is 1.90. The van der Waals surface area contributed by atoms with Crippen molar-refractivity contribution in [3.05, 3.63) is 22.7 Å². The third kappa shape index (κ3) is 2.59. The quantitative estimate of drug-likeness (QED) is 0.733. The van der Waals surface area contributed by atoms with Crippen molar-refractivity contribution in [2.45, 2.75) is 24.3 Å². The molecule has 0 bridgehead atoms. The summed E-state index contributed by atoms with van der Waals surface area (Å²) >= 11 is 3.36. The van der Waals surface area contributed by atoms with Crippen LogP contribution in [0.25, 0.3) is 0 Å². The van der Waals surface area contributed by atoms with E-state index in [0.717, 1.165) is 15.1 Å². The monoisotopic (exact) mass is 292 g/mol. The van der Waals surface area contributed by atoms with Gasteiger partial charge in [0.15, 0.2) is 0 Å². The van der Waals surface area contributed by atoms with Crippen molar-refractivity contribution in [3.63, 3.8) is 0 Å². The van der Waals surface area contributed by atoms with Gasteiger partial charge in [-0.25, -0.2) is 0 Å².